The Labute approximate surface area is 168 Å². The molecule has 3 aromatic carbocycles. The Kier molecular flexibility index (Phi) is 5.16. The van der Waals surface area contributed by atoms with Crippen molar-refractivity contribution in [3.63, 3.8) is 0 Å². The molecule has 144 valence electrons. The molecule has 1 aromatic heterocycles. The number of amides is 1. The van der Waals surface area contributed by atoms with E-state index in [-0.39, 0.29) is 23.5 Å². The van der Waals surface area contributed by atoms with Gasteiger partial charge in [-0.1, -0.05) is 60.7 Å². The van der Waals surface area contributed by atoms with Crippen LogP contribution in [0.2, 0.25) is 0 Å². The summed E-state index contributed by atoms with van der Waals surface area (Å²) in [6.45, 7) is 0. The van der Waals surface area contributed by atoms with Crippen LogP contribution in [0.4, 0.5) is 4.39 Å². The molecule has 0 saturated carbocycles. The zero-order chi connectivity index (χ0) is 20.2. The van der Waals surface area contributed by atoms with Crippen LogP contribution in [-0.2, 0) is 0 Å². The van der Waals surface area contributed by atoms with Crippen molar-refractivity contribution in [3.8, 4) is 5.69 Å². The smallest absolute Gasteiger partial charge is 0.276 e. The molecule has 0 aliphatic heterocycles. The van der Waals surface area contributed by atoms with E-state index in [9.17, 15) is 9.18 Å². The summed E-state index contributed by atoms with van der Waals surface area (Å²) in [5.74, 6) is -0.592. The molecule has 1 amide bonds. The first-order valence-corrected chi connectivity index (χ1v) is 9.19. The van der Waals surface area contributed by atoms with Gasteiger partial charge in [0, 0.05) is 7.05 Å². The standard InChI is InChI=1S/C23H19FN4O/c1-27(23(29)21-16-25-28(26-21)20-10-6-3-7-11-20)22(17-8-4-2-5-9-17)18-12-14-19(24)15-13-18/h2-16,22H,1H3. The number of hydrogen-bond acceptors (Lipinski definition) is 3. The summed E-state index contributed by atoms with van der Waals surface area (Å²) < 4.78 is 13.4. The van der Waals surface area contributed by atoms with E-state index in [1.54, 1.807) is 24.1 Å². The molecule has 5 nitrogen and oxygen atoms in total. The normalized spacial score (nSPS) is 11.8. The summed E-state index contributed by atoms with van der Waals surface area (Å²) in [5, 5.41) is 8.55. The van der Waals surface area contributed by atoms with E-state index in [0.29, 0.717) is 0 Å². The molecule has 0 bridgehead atoms. The minimum absolute atomic E-state index is 0.236. The number of hydrogen-bond donors (Lipinski definition) is 0. The van der Waals surface area contributed by atoms with Gasteiger partial charge in [0.2, 0.25) is 0 Å². The van der Waals surface area contributed by atoms with Gasteiger partial charge in [-0.3, -0.25) is 4.79 Å². The van der Waals surface area contributed by atoms with E-state index in [1.165, 1.54) is 23.1 Å². The first-order chi connectivity index (χ1) is 14.1. The number of para-hydroxylation sites is 1. The van der Waals surface area contributed by atoms with Crippen LogP contribution in [0.5, 0.6) is 0 Å². The second-order valence-corrected chi connectivity index (χ2v) is 6.64. The Morgan fingerprint density at radius 3 is 2.14 bits per heavy atom. The maximum absolute atomic E-state index is 13.4. The number of nitrogens with zero attached hydrogens (tertiary/aromatic N) is 4. The topological polar surface area (TPSA) is 51.0 Å². The lowest BCUT2D eigenvalue weighted by Crippen LogP contribution is -2.32. The van der Waals surface area contributed by atoms with Gasteiger partial charge in [0.1, 0.15) is 5.82 Å². The van der Waals surface area contributed by atoms with Crippen molar-refractivity contribution in [2.75, 3.05) is 7.05 Å². The average molecular weight is 386 g/mol. The molecule has 4 aromatic rings. The minimum atomic E-state index is -0.383. The third-order valence-electron chi connectivity index (χ3n) is 4.71. The molecule has 1 heterocycles. The van der Waals surface area contributed by atoms with Crippen LogP contribution in [0.3, 0.4) is 0 Å². The van der Waals surface area contributed by atoms with Gasteiger partial charge < -0.3 is 4.90 Å². The molecular weight excluding hydrogens is 367 g/mol. The van der Waals surface area contributed by atoms with Crippen molar-refractivity contribution in [1.29, 1.82) is 0 Å². The monoisotopic (exact) mass is 386 g/mol. The Hall–Kier alpha value is -3.80. The van der Waals surface area contributed by atoms with Gasteiger partial charge in [0.05, 0.1) is 17.9 Å². The third-order valence-corrected chi connectivity index (χ3v) is 4.71. The van der Waals surface area contributed by atoms with Crippen molar-refractivity contribution in [1.82, 2.24) is 19.9 Å². The van der Waals surface area contributed by atoms with Crippen LogP contribution in [0.1, 0.15) is 27.7 Å². The van der Waals surface area contributed by atoms with Crippen molar-refractivity contribution < 1.29 is 9.18 Å². The lowest BCUT2D eigenvalue weighted by Gasteiger charge is -2.28. The molecule has 0 fully saturated rings. The molecule has 0 saturated heterocycles. The fourth-order valence-electron chi connectivity index (χ4n) is 3.26. The molecule has 0 radical (unpaired) electrons. The summed E-state index contributed by atoms with van der Waals surface area (Å²) in [6, 6.07) is 24.8. The lowest BCUT2D eigenvalue weighted by atomic mass is 9.97. The number of halogens is 1. The van der Waals surface area contributed by atoms with Gasteiger partial charge in [-0.15, -0.1) is 5.10 Å². The zero-order valence-corrected chi connectivity index (χ0v) is 15.8. The minimum Gasteiger partial charge on any atom is -0.329 e. The first-order valence-electron chi connectivity index (χ1n) is 9.19. The summed E-state index contributed by atoms with van der Waals surface area (Å²) in [7, 11) is 1.71. The fourth-order valence-corrected chi connectivity index (χ4v) is 3.26. The van der Waals surface area contributed by atoms with E-state index < -0.39 is 0 Å². The predicted octanol–water partition coefficient (Wildman–Crippen LogP) is 4.27. The molecule has 0 aliphatic rings. The van der Waals surface area contributed by atoms with Gasteiger partial charge in [-0.2, -0.15) is 9.90 Å². The van der Waals surface area contributed by atoms with E-state index in [1.807, 2.05) is 60.7 Å². The van der Waals surface area contributed by atoms with Crippen molar-refractivity contribution >= 4 is 5.91 Å². The van der Waals surface area contributed by atoms with Gasteiger partial charge in [0.15, 0.2) is 5.69 Å². The number of rotatable bonds is 5. The second kappa shape index (κ2) is 8.06. The number of carbonyl (C=O) groups is 1. The Bertz CT molecular complexity index is 1090. The highest BCUT2D eigenvalue weighted by Crippen LogP contribution is 2.28. The molecule has 29 heavy (non-hydrogen) atoms. The van der Waals surface area contributed by atoms with Crippen LogP contribution in [0.25, 0.3) is 5.69 Å². The SMILES string of the molecule is CN(C(=O)c1cnn(-c2ccccc2)n1)C(c1ccccc1)c1ccc(F)cc1. The molecule has 1 unspecified atom stereocenters. The van der Waals surface area contributed by atoms with Crippen LogP contribution < -0.4 is 0 Å². The van der Waals surface area contributed by atoms with Crippen LogP contribution in [0, 0.1) is 5.82 Å². The Balaban J connectivity index is 1.67. The highest BCUT2D eigenvalue weighted by Gasteiger charge is 2.26. The lowest BCUT2D eigenvalue weighted by molar-refractivity contribution is 0.0748. The zero-order valence-electron chi connectivity index (χ0n) is 15.8. The number of carbonyl (C=O) groups excluding carboxylic acids is 1. The number of benzene rings is 3. The maximum atomic E-state index is 13.4. The van der Waals surface area contributed by atoms with Crippen LogP contribution in [0.15, 0.2) is 91.1 Å². The highest BCUT2D eigenvalue weighted by atomic mass is 19.1. The van der Waals surface area contributed by atoms with Crippen LogP contribution in [-0.4, -0.2) is 32.8 Å². The molecule has 1 atom stereocenters. The summed E-state index contributed by atoms with van der Waals surface area (Å²) in [5.41, 5.74) is 2.74. The average Bonchev–Trinajstić information content (AvgIpc) is 3.26. The van der Waals surface area contributed by atoms with E-state index in [4.69, 9.17) is 0 Å². The predicted molar refractivity (Wildman–Crippen MR) is 108 cm³/mol. The quantitative estimate of drug-likeness (QED) is 0.515. The van der Waals surface area contributed by atoms with E-state index in [2.05, 4.69) is 10.2 Å². The van der Waals surface area contributed by atoms with E-state index in [0.717, 1.165) is 16.8 Å². The van der Waals surface area contributed by atoms with Gasteiger partial charge in [0.25, 0.3) is 5.91 Å². The molecule has 4 rings (SSSR count). The van der Waals surface area contributed by atoms with Crippen LogP contribution >= 0.6 is 0 Å². The molecule has 0 aliphatic carbocycles. The molecule has 0 spiro atoms. The fraction of sp³-hybridized carbons (Fsp3) is 0.0870. The Morgan fingerprint density at radius 2 is 1.48 bits per heavy atom. The third kappa shape index (κ3) is 3.91. The molecule has 6 heteroatoms. The summed E-state index contributed by atoms with van der Waals surface area (Å²) in [6.07, 6.45) is 1.46. The van der Waals surface area contributed by atoms with Crippen molar-refractivity contribution in [3.05, 3.63) is 114 Å². The largest absolute Gasteiger partial charge is 0.329 e. The Morgan fingerprint density at radius 1 is 0.897 bits per heavy atom. The summed E-state index contributed by atoms with van der Waals surface area (Å²) in [4.78, 5) is 16.2. The van der Waals surface area contributed by atoms with E-state index >= 15 is 0 Å². The second-order valence-electron chi connectivity index (χ2n) is 6.64. The highest BCUT2D eigenvalue weighted by molar-refractivity contribution is 5.92. The van der Waals surface area contributed by atoms with Gasteiger partial charge >= 0.3 is 0 Å². The van der Waals surface area contributed by atoms with Crippen molar-refractivity contribution in [2.24, 2.45) is 0 Å². The molecule has 0 N–H and O–H groups in total. The number of aromatic nitrogens is 3. The first kappa shape index (κ1) is 18.6. The molecular formula is C23H19FN4O. The van der Waals surface area contributed by atoms with Crippen molar-refractivity contribution in [2.45, 2.75) is 6.04 Å². The van der Waals surface area contributed by atoms with Gasteiger partial charge in [-0.05, 0) is 35.4 Å². The van der Waals surface area contributed by atoms with Gasteiger partial charge in [-0.25, -0.2) is 4.39 Å². The summed E-state index contributed by atoms with van der Waals surface area (Å²) >= 11 is 0. The maximum Gasteiger partial charge on any atom is 0.276 e.